The lowest BCUT2D eigenvalue weighted by Gasteiger charge is -2.13. The number of hydrogen-bond donors (Lipinski definition) is 0. The Hall–Kier alpha value is -3.06. The van der Waals surface area contributed by atoms with Gasteiger partial charge in [-0.05, 0) is 41.6 Å². The topological polar surface area (TPSA) is 55.8 Å². The number of ether oxygens (including phenoxy) is 2. The van der Waals surface area contributed by atoms with Gasteiger partial charge in [0.05, 0.1) is 18.6 Å². The standard InChI is InChI=1S/C21H18FNO4S/c1-3-11-27-19-15(5-4-6-17(19)26-2)12-18-20(24)23(21(25)28-18)13-14-7-9-16(22)10-8-14/h3-10,12H,1,11,13H2,2H3/b18-12-. The molecule has 1 aliphatic rings. The zero-order valence-electron chi connectivity index (χ0n) is 15.2. The van der Waals surface area contributed by atoms with Crippen molar-refractivity contribution < 1.29 is 23.5 Å². The van der Waals surface area contributed by atoms with E-state index in [0.29, 0.717) is 22.6 Å². The number of halogens is 1. The van der Waals surface area contributed by atoms with Gasteiger partial charge in [0.1, 0.15) is 12.4 Å². The molecular formula is C21H18FNO4S. The second-order valence-corrected chi connectivity index (χ2v) is 6.87. The summed E-state index contributed by atoms with van der Waals surface area (Å²) in [6.45, 7) is 3.98. The van der Waals surface area contributed by atoms with Crippen molar-refractivity contribution in [3.8, 4) is 11.5 Å². The highest BCUT2D eigenvalue weighted by molar-refractivity contribution is 8.18. The zero-order chi connectivity index (χ0) is 20.1. The number of amides is 2. The first-order chi connectivity index (χ1) is 13.5. The van der Waals surface area contributed by atoms with Crippen LogP contribution in [0.2, 0.25) is 0 Å². The second kappa shape index (κ2) is 8.75. The molecule has 1 fully saturated rings. The Labute approximate surface area is 166 Å². The fourth-order valence-electron chi connectivity index (χ4n) is 2.65. The molecule has 2 aromatic carbocycles. The predicted octanol–water partition coefficient (Wildman–Crippen LogP) is 4.64. The van der Waals surface area contributed by atoms with E-state index in [1.54, 1.807) is 42.5 Å². The van der Waals surface area contributed by atoms with E-state index in [9.17, 15) is 14.0 Å². The summed E-state index contributed by atoms with van der Waals surface area (Å²) in [5.41, 5.74) is 1.29. The lowest BCUT2D eigenvalue weighted by Crippen LogP contribution is -2.27. The number of nitrogens with zero attached hydrogens (tertiary/aromatic N) is 1. The van der Waals surface area contributed by atoms with Crippen LogP contribution in [0.4, 0.5) is 9.18 Å². The maximum atomic E-state index is 13.1. The third kappa shape index (κ3) is 4.26. The fraction of sp³-hybridized carbons (Fsp3) is 0.143. The Morgan fingerprint density at radius 1 is 1.18 bits per heavy atom. The fourth-order valence-corrected chi connectivity index (χ4v) is 3.48. The summed E-state index contributed by atoms with van der Waals surface area (Å²) >= 11 is 0.853. The van der Waals surface area contributed by atoms with E-state index < -0.39 is 5.91 Å². The molecule has 28 heavy (non-hydrogen) atoms. The van der Waals surface area contributed by atoms with Crippen LogP contribution in [0.1, 0.15) is 11.1 Å². The lowest BCUT2D eigenvalue weighted by atomic mass is 10.1. The molecule has 0 aliphatic carbocycles. The van der Waals surface area contributed by atoms with Crippen molar-refractivity contribution in [2.45, 2.75) is 6.54 Å². The molecule has 1 saturated heterocycles. The van der Waals surface area contributed by atoms with Crippen molar-refractivity contribution in [1.82, 2.24) is 4.90 Å². The molecule has 5 nitrogen and oxygen atoms in total. The lowest BCUT2D eigenvalue weighted by molar-refractivity contribution is -0.123. The molecule has 0 unspecified atom stereocenters. The van der Waals surface area contributed by atoms with Crippen LogP contribution in [0, 0.1) is 5.82 Å². The molecule has 1 aliphatic heterocycles. The van der Waals surface area contributed by atoms with Crippen molar-refractivity contribution in [2.24, 2.45) is 0 Å². The molecule has 0 radical (unpaired) electrons. The van der Waals surface area contributed by atoms with Gasteiger partial charge in [0.25, 0.3) is 11.1 Å². The van der Waals surface area contributed by atoms with Crippen molar-refractivity contribution in [3.63, 3.8) is 0 Å². The molecule has 1 heterocycles. The number of rotatable bonds is 7. The molecule has 0 saturated carbocycles. The number of para-hydroxylation sites is 1. The first-order valence-electron chi connectivity index (χ1n) is 8.44. The number of carbonyl (C=O) groups excluding carboxylic acids is 2. The van der Waals surface area contributed by atoms with Crippen molar-refractivity contribution in [1.29, 1.82) is 0 Å². The average Bonchev–Trinajstić information content (AvgIpc) is 2.95. The molecule has 0 aromatic heterocycles. The number of hydrogen-bond acceptors (Lipinski definition) is 5. The first-order valence-corrected chi connectivity index (χ1v) is 9.25. The minimum atomic E-state index is -0.406. The highest BCUT2D eigenvalue weighted by Gasteiger charge is 2.35. The van der Waals surface area contributed by atoms with Crippen molar-refractivity contribution >= 4 is 29.0 Å². The molecule has 0 spiro atoms. The summed E-state index contributed by atoms with van der Waals surface area (Å²) in [6, 6.07) is 11.0. The first kappa shape index (κ1) is 19.7. The summed E-state index contributed by atoms with van der Waals surface area (Å²) in [4.78, 5) is 26.5. The monoisotopic (exact) mass is 399 g/mol. The van der Waals surface area contributed by atoms with Gasteiger partial charge < -0.3 is 9.47 Å². The van der Waals surface area contributed by atoms with E-state index in [1.807, 2.05) is 0 Å². The van der Waals surface area contributed by atoms with E-state index in [2.05, 4.69) is 6.58 Å². The van der Waals surface area contributed by atoms with Gasteiger partial charge in [-0.2, -0.15) is 0 Å². The number of methoxy groups -OCH3 is 1. The van der Waals surface area contributed by atoms with E-state index in [0.717, 1.165) is 16.7 Å². The van der Waals surface area contributed by atoms with Crippen molar-refractivity contribution in [2.75, 3.05) is 13.7 Å². The Morgan fingerprint density at radius 3 is 2.61 bits per heavy atom. The summed E-state index contributed by atoms with van der Waals surface area (Å²) in [5, 5.41) is -0.378. The third-order valence-electron chi connectivity index (χ3n) is 3.99. The van der Waals surface area contributed by atoms with E-state index in [4.69, 9.17) is 9.47 Å². The molecule has 2 amide bonds. The number of imide groups is 1. The van der Waals surface area contributed by atoms with Crippen LogP contribution < -0.4 is 9.47 Å². The van der Waals surface area contributed by atoms with Crippen LogP contribution in [0.5, 0.6) is 11.5 Å². The van der Waals surface area contributed by atoms with Crippen LogP contribution >= 0.6 is 11.8 Å². The van der Waals surface area contributed by atoms with Gasteiger partial charge in [0.2, 0.25) is 0 Å². The Bertz CT molecular complexity index is 940. The number of benzene rings is 2. The number of carbonyl (C=O) groups is 2. The van der Waals surface area contributed by atoms with Gasteiger partial charge in [0.15, 0.2) is 11.5 Å². The summed E-state index contributed by atoms with van der Waals surface area (Å²) in [7, 11) is 1.52. The Morgan fingerprint density at radius 2 is 1.93 bits per heavy atom. The van der Waals surface area contributed by atoms with E-state index >= 15 is 0 Å². The summed E-state index contributed by atoms with van der Waals surface area (Å²) in [6.07, 6.45) is 3.21. The zero-order valence-corrected chi connectivity index (χ0v) is 16.0. The van der Waals surface area contributed by atoms with Gasteiger partial charge >= 0.3 is 0 Å². The molecule has 2 aromatic rings. The van der Waals surface area contributed by atoms with Crippen LogP contribution in [-0.2, 0) is 11.3 Å². The normalized spacial score (nSPS) is 15.2. The average molecular weight is 399 g/mol. The summed E-state index contributed by atoms with van der Waals surface area (Å²) < 4.78 is 24.0. The molecule has 3 rings (SSSR count). The van der Waals surface area contributed by atoms with E-state index in [-0.39, 0.29) is 29.1 Å². The van der Waals surface area contributed by atoms with Gasteiger partial charge in [-0.1, -0.05) is 36.9 Å². The molecule has 0 bridgehead atoms. The highest BCUT2D eigenvalue weighted by Crippen LogP contribution is 2.37. The predicted molar refractivity (Wildman–Crippen MR) is 107 cm³/mol. The van der Waals surface area contributed by atoms with Crippen LogP contribution in [0.15, 0.2) is 60.0 Å². The maximum absolute atomic E-state index is 13.1. The largest absolute Gasteiger partial charge is 0.493 e. The number of thioether (sulfide) groups is 1. The SMILES string of the molecule is C=CCOc1c(/C=C2\SC(=O)N(Cc3ccc(F)cc3)C2=O)cccc1OC. The van der Waals surface area contributed by atoms with Crippen LogP contribution in [-0.4, -0.2) is 29.8 Å². The summed E-state index contributed by atoms with van der Waals surface area (Å²) in [5.74, 6) is 0.205. The van der Waals surface area contributed by atoms with Crippen LogP contribution in [0.25, 0.3) is 6.08 Å². The Balaban J connectivity index is 1.87. The molecule has 7 heteroatoms. The molecule has 144 valence electrons. The van der Waals surface area contributed by atoms with Crippen LogP contribution in [0.3, 0.4) is 0 Å². The minimum absolute atomic E-state index is 0.0836. The third-order valence-corrected chi connectivity index (χ3v) is 4.90. The van der Waals surface area contributed by atoms with E-state index in [1.165, 1.54) is 19.2 Å². The van der Waals surface area contributed by atoms with Crippen molar-refractivity contribution in [3.05, 3.63) is 77.0 Å². The Kier molecular flexibility index (Phi) is 6.16. The molecule has 0 atom stereocenters. The second-order valence-electron chi connectivity index (χ2n) is 5.87. The molecule has 0 N–H and O–H groups in total. The van der Waals surface area contributed by atoms with Gasteiger partial charge in [0, 0.05) is 5.56 Å². The smallest absolute Gasteiger partial charge is 0.293 e. The maximum Gasteiger partial charge on any atom is 0.293 e. The van der Waals surface area contributed by atoms with Gasteiger partial charge in [-0.15, -0.1) is 0 Å². The van der Waals surface area contributed by atoms with Gasteiger partial charge in [-0.25, -0.2) is 4.39 Å². The molecular weight excluding hydrogens is 381 g/mol. The quantitative estimate of drug-likeness (QED) is 0.502. The van der Waals surface area contributed by atoms with Gasteiger partial charge in [-0.3, -0.25) is 14.5 Å². The highest BCUT2D eigenvalue weighted by atomic mass is 32.2. The minimum Gasteiger partial charge on any atom is -0.493 e.